The molecule has 1 N–H and O–H groups in total. The van der Waals surface area contributed by atoms with Crippen LogP contribution in [0.4, 0.5) is 0 Å². The first-order chi connectivity index (χ1) is 9.34. The average Bonchev–Trinajstić information content (AvgIpc) is 2.74. The number of esters is 1. The van der Waals surface area contributed by atoms with Crippen molar-refractivity contribution in [1.29, 1.82) is 0 Å². The fourth-order valence-corrected chi connectivity index (χ4v) is 2.48. The van der Waals surface area contributed by atoms with Gasteiger partial charge in [0, 0.05) is 0 Å². The van der Waals surface area contributed by atoms with E-state index in [1.165, 1.54) is 7.11 Å². The molecule has 0 aliphatic rings. The monoisotopic (exact) mass is 282 g/mol. The van der Waals surface area contributed by atoms with Gasteiger partial charge in [0.25, 0.3) is 0 Å². The molecule has 1 heterocycles. The maximum absolute atomic E-state index is 12.1. The molecule has 0 radical (unpaired) electrons. The lowest BCUT2D eigenvalue weighted by molar-refractivity contribution is -0.148. The van der Waals surface area contributed by atoms with Crippen LogP contribution in [-0.4, -0.2) is 39.9 Å². The van der Waals surface area contributed by atoms with Crippen LogP contribution in [0.5, 0.6) is 0 Å². The highest BCUT2D eigenvalue weighted by Gasteiger charge is 2.36. The van der Waals surface area contributed by atoms with Crippen molar-refractivity contribution in [2.45, 2.75) is 59.0 Å². The summed E-state index contributed by atoms with van der Waals surface area (Å²) in [5.41, 5.74) is -0.712. The average molecular weight is 282 g/mol. The van der Waals surface area contributed by atoms with Gasteiger partial charge in [0.2, 0.25) is 0 Å². The Bertz CT molecular complexity index is 458. The van der Waals surface area contributed by atoms with Crippen LogP contribution in [0.25, 0.3) is 0 Å². The molecule has 6 nitrogen and oxygen atoms in total. The summed E-state index contributed by atoms with van der Waals surface area (Å²) in [6, 6.07) is 0.0599. The minimum absolute atomic E-state index is 0.0599. The molecule has 0 saturated heterocycles. The van der Waals surface area contributed by atoms with Crippen LogP contribution in [0, 0.1) is 13.8 Å². The second kappa shape index (κ2) is 6.83. The summed E-state index contributed by atoms with van der Waals surface area (Å²) in [4.78, 5) is 16.4. The Kier molecular flexibility index (Phi) is 5.68. The number of ether oxygens (including phenoxy) is 1. The lowest BCUT2D eigenvalue weighted by Gasteiger charge is -2.30. The molecule has 6 heteroatoms. The number of rotatable bonds is 7. The molecule has 1 rings (SSSR count). The SMILES string of the molecule is CCCNC(C)(CC(C)n1nc(C)nc1C)C(=O)OC. The molecule has 0 amide bonds. The topological polar surface area (TPSA) is 69.0 Å². The van der Waals surface area contributed by atoms with Gasteiger partial charge in [0.15, 0.2) is 0 Å². The number of nitrogens with one attached hydrogen (secondary N) is 1. The van der Waals surface area contributed by atoms with Crippen molar-refractivity contribution in [2.24, 2.45) is 0 Å². The van der Waals surface area contributed by atoms with Crippen LogP contribution < -0.4 is 5.32 Å². The lowest BCUT2D eigenvalue weighted by atomic mass is 9.93. The van der Waals surface area contributed by atoms with E-state index in [0.717, 1.165) is 24.6 Å². The van der Waals surface area contributed by atoms with Gasteiger partial charge in [-0.25, -0.2) is 9.67 Å². The largest absolute Gasteiger partial charge is 0.468 e. The minimum Gasteiger partial charge on any atom is -0.468 e. The zero-order chi connectivity index (χ0) is 15.3. The van der Waals surface area contributed by atoms with Gasteiger partial charge in [-0.3, -0.25) is 4.79 Å². The summed E-state index contributed by atoms with van der Waals surface area (Å²) >= 11 is 0. The zero-order valence-corrected chi connectivity index (χ0v) is 13.4. The molecule has 2 atom stereocenters. The van der Waals surface area contributed by atoms with Gasteiger partial charge in [-0.1, -0.05) is 6.92 Å². The van der Waals surface area contributed by atoms with Gasteiger partial charge in [0.05, 0.1) is 13.2 Å². The van der Waals surface area contributed by atoms with Gasteiger partial charge in [-0.2, -0.15) is 5.10 Å². The molecule has 0 fully saturated rings. The number of carbonyl (C=O) groups excluding carboxylic acids is 1. The lowest BCUT2D eigenvalue weighted by Crippen LogP contribution is -2.51. The van der Waals surface area contributed by atoms with E-state index >= 15 is 0 Å². The van der Waals surface area contributed by atoms with E-state index < -0.39 is 5.54 Å². The number of aromatic nitrogens is 3. The molecular formula is C14H26N4O2. The van der Waals surface area contributed by atoms with Gasteiger partial charge < -0.3 is 10.1 Å². The van der Waals surface area contributed by atoms with Crippen molar-refractivity contribution in [3.63, 3.8) is 0 Å². The highest BCUT2D eigenvalue weighted by Crippen LogP contribution is 2.22. The van der Waals surface area contributed by atoms with Crippen molar-refractivity contribution in [1.82, 2.24) is 20.1 Å². The van der Waals surface area contributed by atoms with Crippen LogP contribution in [0.2, 0.25) is 0 Å². The minimum atomic E-state index is -0.712. The van der Waals surface area contributed by atoms with Crippen LogP contribution in [-0.2, 0) is 9.53 Å². The van der Waals surface area contributed by atoms with E-state index in [9.17, 15) is 4.79 Å². The van der Waals surface area contributed by atoms with Crippen LogP contribution in [0.1, 0.15) is 51.3 Å². The summed E-state index contributed by atoms with van der Waals surface area (Å²) in [6.45, 7) is 10.5. The third-order valence-electron chi connectivity index (χ3n) is 3.43. The van der Waals surface area contributed by atoms with E-state index in [1.807, 2.05) is 32.4 Å². The molecule has 114 valence electrons. The maximum atomic E-state index is 12.1. The molecule has 1 aromatic rings. The molecule has 0 aromatic carbocycles. The van der Waals surface area contributed by atoms with Gasteiger partial charge in [-0.05, 0) is 47.1 Å². The summed E-state index contributed by atoms with van der Waals surface area (Å²) in [5.74, 6) is 1.36. The Morgan fingerprint density at radius 1 is 1.50 bits per heavy atom. The number of carbonyl (C=O) groups is 1. The number of hydrogen-bond acceptors (Lipinski definition) is 5. The first kappa shape index (κ1) is 16.6. The molecule has 0 aliphatic heterocycles. The molecule has 2 unspecified atom stereocenters. The fourth-order valence-electron chi connectivity index (χ4n) is 2.48. The van der Waals surface area contributed by atoms with Crippen LogP contribution in [0.15, 0.2) is 0 Å². The van der Waals surface area contributed by atoms with E-state index in [4.69, 9.17) is 4.74 Å². The predicted molar refractivity (Wildman–Crippen MR) is 77.5 cm³/mol. The molecular weight excluding hydrogens is 256 g/mol. The molecule has 0 spiro atoms. The number of nitrogens with zero attached hydrogens (tertiary/aromatic N) is 3. The summed E-state index contributed by atoms with van der Waals surface area (Å²) < 4.78 is 6.80. The third kappa shape index (κ3) is 3.79. The standard InChI is InChI=1S/C14H26N4O2/c1-7-8-15-14(5,13(19)20-6)9-10(2)18-12(4)16-11(3)17-18/h10,15H,7-9H2,1-6H3. The Labute approximate surface area is 120 Å². The van der Waals surface area contributed by atoms with Gasteiger partial charge in [0.1, 0.15) is 17.2 Å². The van der Waals surface area contributed by atoms with Crippen molar-refractivity contribution in [3.05, 3.63) is 11.6 Å². The second-order valence-corrected chi connectivity index (χ2v) is 5.45. The quantitative estimate of drug-likeness (QED) is 0.772. The van der Waals surface area contributed by atoms with E-state index in [2.05, 4.69) is 22.3 Å². The summed E-state index contributed by atoms with van der Waals surface area (Å²) in [6.07, 6.45) is 1.56. The van der Waals surface area contributed by atoms with Crippen molar-refractivity contribution >= 4 is 5.97 Å². The van der Waals surface area contributed by atoms with Crippen molar-refractivity contribution in [3.8, 4) is 0 Å². The van der Waals surface area contributed by atoms with E-state index in [-0.39, 0.29) is 12.0 Å². The highest BCUT2D eigenvalue weighted by molar-refractivity contribution is 5.80. The Morgan fingerprint density at radius 2 is 2.15 bits per heavy atom. The summed E-state index contributed by atoms with van der Waals surface area (Å²) in [7, 11) is 1.42. The Morgan fingerprint density at radius 3 is 2.60 bits per heavy atom. The zero-order valence-electron chi connectivity index (χ0n) is 13.4. The first-order valence-electron chi connectivity index (χ1n) is 7.07. The number of hydrogen-bond donors (Lipinski definition) is 1. The summed E-state index contributed by atoms with van der Waals surface area (Å²) in [5, 5.41) is 7.67. The third-order valence-corrected chi connectivity index (χ3v) is 3.43. The highest BCUT2D eigenvalue weighted by atomic mass is 16.5. The number of aryl methyl sites for hydroxylation is 2. The smallest absolute Gasteiger partial charge is 0.325 e. The molecule has 20 heavy (non-hydrogen) atoms. The van der Waals surface area contributed by atoms with E-state index in [1.54, 1.807) is 0 Å². The molecule has 0 saturated carbocycles. The Hall–Kier alpha value is -1.43. The van der Waals surface area contributed by atoms with Crippen molar-refractivity contribution < 1.29 is 9.53 Å². The van der Waals surface area contributed by atoms with E-state index in [0.29, 0.717) is 6.42 Å². The predicted octanol–water partition coefficient (Wildman–Crippen LogP) is 1.78. The second-order valence-electron chi connectivity index (χ2n) is 5.45. The Balaban J connectivity index is 2.89. The normalized spacial score (nSPS) is 15.7. The van der Waals surface area contributed by atoms with Gasteiger partial charge >= 0.3 is 5.97 Å². The van der Waals surface area contributed by atoms with Crippen LogP contribution in [0.3, 0.4) is 0 Å². The van der Waals surface area contributed by atoms with Crippen molar-refractivity contribution in [2.75, 3.05) is 13.7 Å². The maximum Gasteiger partial charge on any atom is 0.325 e. The van der Waals surface area contributed by atoms with Crippen LogP contribution >= 0.6 is 0 Å². The molecule has 0 aliphatic carbocycles. The van der Waals surface area contributed by atoms with Gasteiger partial charge in [-0.15, -0.1) is 0 Å². The number of methoxy groups -OCH3 is 1. The fraction of sp³-hybridized carbons (Fsp3) is 0.786. The molecule has 0 bridgehead atoms. The first-order valence-corrected chi connectivity index (χ1v) is 7.07. The molecule has 1 aromatic heterocycles.